The molecule has 3 heterocycles. The van der Waals surface area contributed by atoms with Crippen LogP contribution in [0.15, 0.2) is 0 Å². The van der Waals surface area contributed by atoms with Crippen molar-refractivity contribution in [2.24, 2.45) is 0 Å². The smallest absolute Gasteiger partial charge is 0.163 e. The first-order valence-corrected chi connectivity index (χ1v) is 7.45. The molecule has 0 unspecified atom stereocenters. The number of aliphatic hydroxyl groups is 2. The van der Waals surface area contributed by atoms with E-state index in [1.807, 2.05) is 13.8 Å². The predicted molar refractivity (Wildman–Crippen MR) is 72.5 cm³/mol. The highest BCUT2D eigenvalue weighted by Gasteiger charge is 2.53. The van der Waals surface area contributed by atoms with Gasteiger partial charge in [0.2, 0.25) is 0 Å². The molecule has 3 aliphatic rings. The van der Waals surface area contributed by atoms with E-state index in [2.05, 4.69) is 5.32 Å². The van der Waals surface area contributed by atoms with Crippen LogP contribution in [0.5, 0.6) is 0 Å². The quantitative estimate of drug-likeness (QED) is 0.625. The second-order valence-electron chi connectivity index (χ2n) is 6.92. The Morgan fingerprint density at radius 1 is 1.10 bits per heavy atom. The van der Waals surface area contributed by atoms with Gasteiger partial charge in [0.1, 0.15) is 30.5 Å². The van der Waals surface area contributed by atoms with Crippen LogP contribution in [0.4, 0.5) is 0 Å². The fourth-order valence-electron chi connectivity index (χ4n) is 3.33. The fourth-order valence-corrected chi connectivity index (χ4v) is 3.33. The summed E-state index contributed by atoms with van der Waals surface area (Å²) in [6, 6.07) is -0.536. The number of ether oxygens (including phenoxy) is 4. The molecule has 6 atom stereocenters. The van der Waals surface area contributed by atoms with Crippen LogP contribution in [-0.2, 0) is 18.9 Å². The zero-order valence-electron chi connectivity index (χ0n) is 12.9. The number of rotatable bonds is 2. The average Bonchev–Trinajstić information content (AvgIpc) is 2.88. The summed E-state index contributed by atoms with van der Waals surface area (Å²) >= 11 is 0. The SMILES string of the molecule is CC1(C)O[C@@H]2[C@H](O)[C@@H]([C@@H](O)[C@H]3COC(C)(C)O3)NC[C@@H]2O1. The van der Waals surface area contributed by atoms with Crippen molar-refractivity contribution in [3.63, 3.8) is 0 Å². The monoisotopic (exact) mass is 303 g/mol. The molecule has 3 N–H and O–H groups in total. The van der Waals surface area contributed by atoms with Gasteiger partial charge in [-0.2, -0.15) is 0 Å². The Balaban J connectivity index is 1.67. The number of aliphatic hydroxyl groups excluding tert-OH is 2. The van der Waals surface area contributed by atoms with Gasteiger partial charge in [0.15, 0.2) is 11.6 Å². The Morgan fingerprint density at radius 2 is 1.81 bits per heavy atom. The van der Waals surface area contributed by atoms with Crippen molar-refractivity contribution < 1.29 is 29.2 Å². The van der Waals surface area contributed by atoms with E-state index in [9.17, 15) is 10.2 Å². The van der Waals surface area contributed by atoms with E-state index in [0.717, 1.165) is 0 Å². The minimum Gasteiger partial charge on any atom is -0.389 e. The van der Waals surface area contributed by atoms with Gasteiger partial charge >= 0.3 is 0 Å². The lowest BCUT2D eigenvalue weighted by molar-refractivity contribution is -0.167. The molecule has 122 valence electrons. The van der Waals surface area contributed by atoms with Gasteiger partial charge < -0.3 is 34.5 Å². The summed E-state index contributed by atoms with van der Waals surface area (Å²) in [6.45, 7) is 8.06. The lowest BCUT2D eigenvalue weighted by atomic mass is 9.90. The minimum atomic E-state index is -0.880. The van der Waals surface area contributed by atoms with Gasteiger partial charge in [-0.05, 0) is 27.7 Å². The number of piperidine rings is 1. The highest BCUT2D eigenvalue weighted by molar-refractivity contribution is 5.02. The third-order valence-corrected chi connectivity index (χ3v) is 4.26. The minimum absolute atomic E-state index is 0.212. The van der Waals surface area contributed by atoms with E-state index in [1.165, 1.54) is 0 Å². The largest absolute Gasteiger partial charge is 0.389 e. The summed E-state index contributed by atoms with van der Waals surface area (Å²) in [4.78, 5) is 0. The third-order valence-electron chi connectivity index (χ3n) is 4.26. The molecule has 3 saturated heterocycles. The van der Waals surface area contributed by atoms with Crippen molar-refractivity contribution in [2.45, 2.75) is 75.8 Å². The summed E-state index contributed by atoms with van der Waals surface area (Å²) < 4.78 is 22.6. The Bertz CT molecular complexity index is 397. The van der Waals surface area contributed by atoms with E-state index in [0.29, 0.717) is 13.2 Å². The maximum Gasteiger partial charge on any atom is 0.163 e. The first-order chi connectivity index (χ1) is 9.69. The van der Waals surface area contributed by atoms with Crippen molar-refractivity contribution in [1.82, 2.24) is 5.32 Å². The van der Waals surface area contributed by atoms with Crippen molar-refractivity contribution in [2.75, 3.05) is 13.2 Å². The Morgan fingerprint density at radius 3 is 2.43 bits per heavy atom. The van der Waals surface area contributed by atoms with Crippen LogP contribution in [0.25, 0.3) is 0 Å². The zero-order chi connectivity index (χ0) is 15.4. The van der Waals surface area contributed by atoms with Gasteiger partial charge in [-0.15, -0.1) is 0 Å². The molecule has 7 nitrogen and oxygen atoms in total. The van der Waals surface area contributed by atoms with Crippen LogP contribution in [0.3, 0.4) is 0 Å². The van der Waals surface area contributed by atoms with E-state index in [-0.39, 0.29) is 6.10 Å². The number of nitrogens with one attached hydrogen (secondary N) is 1. The van der Waals surface area contributed by atoms with Gasteiger partial charge in [0, 0.05) is 6.54 Å². The number of hydrogen-bond donors (Lipinski definition) is 3. The summed E-state index contributed by atoms with van der Waals surface area (Å²) in [5, 5.41) is 24.2. The standard InChI is InChI=1S/C14H25NO6/c1-13(2)18-6-8(20-13)10(16)9-11(17)12-7(5-15-9)19-14(3,4)21-12/h7-12,15-17H,5-6H2,1-4H3/t7-,8+,9+,10-,11+,12-/m0/s1. The molecule has 0 radical (unpaired) electrons. The van der Waals surface area contributed by atoms with Crippen LogP contribution in [0, 0.1) is 0 Å². The zero-order valence-corrected chi connectivity index (χ0v) is 12.9. The molecule has 21 heavy (non-hydrogen) atoms. The molecule has 0 bridgehead atoms. The summed E-state index contributed by atoms with van der Waals surface area (Å²) in [7, 11) is 0. The second kappa shape index (κ2) is 5.13. The highest BCUT2D eigenvalue weighted by atomic mass is 16.8. The van der Waals surface area contributed by atoms with Crippen molar-refractivity contribution >= 4 is 0 Å². The normalized spacial score (nSPS) is 46.3. The molecule has 0 amide bonds. The number of fused-ring (bicyclic) bond motifs is 1. The summed E-state index contributed by atoms with van der Waals surface area (Å²) in [5.74, 6) is -1.42. The van der Waals surface area contributed by atoms with Crippen LogP contribution < -0.4 is 5.32 Å². The predicted octanol–water partition coefficient (Wildman–Crippen LogP) is -0.648. The third kappa shape index (κ3) is 2.96. The molecule has 3 fully saturated rings. The molecular formula is C14H25NO6. The Kier molecular flexibility index (Phi) is 3.81. The van der Waals surface area contributed by atoms with E-state index in [4.69, 9.17) is 18.9 Å². The van der Waals surface area contributed by atoms with Gasteiger partial charge in [-0.25, -0.2) is 0 Å². The molecule has 0 aromatic carbocycles. The van der Waals surface area contributed by atoms with Crippen LogP contribution in [-0.4, -0.2) is 71.5 Å². The summed E-state index contributed by atoms with van der Waals surface area (Å²) in [6.07, 6.45) is -2.88. The lowest BCUT2D eigenvalue weighted by Crippen LogP contribution is -2.64. The summed E-state index contributed by atoms with van der Waals surface area (Å²) in [5.41, 5.74) is 0. The molecule has 3 aliphatic heterocycles. The van der Waals surface area contributed by atoms with E-state index in [1.54, 1.807) is 13.8 Å². The van der Waals surface area contributed by atoms with Gasteiger partial charge in [-0.3, -0.25) is 0 Å². The molecule has 3 rings (SSSR count). The first kappa shape index (κ1) is 15.6. The lowest BCUT2D eigenvalue weighted by Gasteiger charge is -2.39. The molecule has 7 heteroatoms. The van der Waals surface area contributed by atoms with Crippen molar-refractivity contribution in [1.29, 1.82) is 0 Å². The maximum atomic E-state index is 10.5. The van der Waals surface area contributed by atoms with Crippen LogP contribution in [0.1, 0.15) is 27.7 Å². The topological polar surface area (TPSA) is 89.4 Å². The van der Waals surface area contributed by atoms with Gasteiger partial charge in [0.05, 0.1) is 12.6 Å². The van der Waals surface area contributed by atoms with Crippen molar-refractivity contribution in [3.05, 3.63) is 0 Å². The Labute approximate surface area is 124 Å². The average molecular weight is 303 g/mol. The molecule has 0 aromatic heterocycles. The van der Waals surface area contributed by atoms with E-state index >= 15 is 0 Å². The molecule has 0 aromatic rings. The Hall–Kier alpha value is -0.280. The molecule has 0 saturated carbocycles. The number of hydrogen-bond acceptors (Lipinski definition) is 7. The van der Waals surface area contributed by atoms with Crippen LogP contribution >= 0.6 is 0 Å². The molecule has 0 spiro atoms. The van der Waals surface area contributed by atoms with Gasteiger partial charge in [0.25, 0.3) is 0 Å². The second-order valence-corrected chi connectivity index (χ2v) is 6.92. The van der Waals surface area contributed by atoms with Crippen LogP contribution in [0.2, 0.25) is 0 Å². The maximum absolute atomic E-state index is 10.5. The van der Waals surface area contributed by atoms with E-state index < -0.39 is 42.0 Å². The highest BCUT2D eigenvalue weighted by Crippen LogP contribution is 2.34. The molecule has 0 aliphatic carbocycles. The fraction of sp³-hybridized carbons (Fsp3) is 1.00. The molecular weight excluding hydrogens is 278 g/mol. The first-order valence-electron chi connectivity index (χ1n) is 7.45. The van der Waals surface area contributed by atoms with Crippen molar-refractivity contribution in [3.8, 4) is 0 Å². The van der Waals surface area contributed by atoms with Gasteiger partial charge in [-0.1, -0.05) is 0 Å².